The minimum absolute atomic E-state index is 0.211. The van der Waals surface area contributed by atoms with E-state index < -0.39 is 4.87 Å². The predicted octanol–water partition coefficient (Wildman–Crippen LogP) is 6.39. The van der Waals surface area contributed by atoms with Crippen molar-refractivity contribution in [3.8, 4) is 0 Å². The summed E-state index contributed by atoms with van der Waals surface area (Å²) in [6, 6.07) is 22.7. The van der Waals surface area contributed by atoms with Crippen LogP contribution in [0, 0.1) is 0 Å². The van der Waals surface area contributed by atoms with Gasteiger partial charge in [-0.25, -0.2) is 0 Å². The maximum Gasteiger partial charge on any atom is 0.266 e. The topological polar surface area (TPSA) is 49.4 Å². The van der Waals surface area contributed by atoms with Crippen LogP contribution in [-0.4, -0.2) is 11.8 Å². The van der Waals surface area contributed by atoms with Crippen molar-refractivity contribution in [2.75, 3.05) is 10.2 Å². The van der Waals surface area contributed by atoms with E-state index in [1.165, 1.54) is 17.3 Å². The molecule has 0 unspecified atom stereocenters. The van der Waals surface area contributed by atoms with Crippen LogP contribution in [0.15, 0.2) is 77.7 Å². The van der Waals surface area contributed by atoms with Crippen LogP contribution in [-0.2, 0) is 14.5 Å². The molecule has 32 heavy (non-hydrogen) atoms. The molecule has 0 saturated carbocycles. The van der Waals surface area contributed by atoms with Gasteiger partial charge in [0.2, 0.25) is 4.87 Å². The summed E-state index contributed by atoms with van der Waals surface area (Å²) in [4.78, 5) is 28.0. The first kappa shape index (κ1) is 20.9. The number of carbonyl (C=O) groups excluding carboxylic acids is 2. The fourth-order valence-corrected chi connectivity index (χ4v) is 5.68. The second-order valence-electron chi connectivity index (χ2n) is 8.19. The van der Waals surface area contributed by atoms with Crippen molar-refractivity contribution in [1.82, 2.24) is 0 Å². The number of benzene rings is 3. The van der Waals surface area contributed by atoms with Crippen LogP contribution in [0.25, 0.3) is 6.08 Å². The molecule has 2 heterocycles. The van der Waals surface area contributed by atoms with Crippen molar-refractivity contribution in [1.29, 1.82) is 0 Å². The summed E-state index contributed by atoms with van der Waals surface area (Å²) in [5.74, 6) is -0.00999. The molecule has 1 saturated heterocycles. The third-order valence-electron chi connectivity index (χ3n) is 5.82. The quantitative estimate of drug-likeness (QED) is 0.461. The second-order valence-corrected chi connectivity index (χ2v) is 9.86. The first-order valence-electron chi connectivity index (χ1n) is 10.4. The lowest BCUT2D eigenvalue weighted by molar-refractivity contribution is -0.121. The molecule has 4 nitrogen and oxygen atoms in total. The number of nitrogens with one attached hydrogen (secondary N) is 1. The van der Waals surface area contributed by atoms with E-state index in [1.54, 1.807) is 29.2 Å². The fourth-order valence-electron chi connectivity index (χ4n) is 4.15. The van der Waals surface area contributed by atoms with E-state index in [0.29, 0.717) is 21.5 Å². The Labute approximate surface area is 196 Å². The number of carbonyl (C=O) groups is 2. The van der Waals surface area contributed by atoms with Crippen molar-refractivity contribution in [2.45, 2.75) is 24.6 Å². The molecule has 2 aliphatic heterocycles. The summed E-state index contributed by atoms with van der Waals surface area (Å²) in [6.45, 7) is 4.29. The van der Waals surface area contributed by atoms with Crippen LogP contribution < -0.4 is 10.2 Å². The fraction of sp³-hybridized carbons (Fsp3) is 0.154. The first-order chi connectivity index (χ1) is 15.4. The SMILES string of the molecule is CC(C)c1ccc(/C=C2\S[C@]3(C(=O)Nc4ccccc43)N(c3ccc(Cl)cc3)C2=O)cc1. The number of rotatable bonds is 3. The van der Waals surface area contributed by atoms with Crippen LogP contribution in [0.1, 0.15) is 36.5 Å². The molecule has 0 aromatic heterocycles. The van der Waals surface area contributed by atoms with Gasteiger partial charge >= 0.3 is 0 Å². The van der Waals surface area contributed by atoms with Gasteiger partial charge < -0.3 is 5.32 Å². The monoisotopic (exact) mass is 460 g/mol. The van der Waals surface area contributed by atoms with Gasteiger partial charge in [-0.1, -0.05) is 79.7 Å². The smallest absolute Gasteiger partial charge is 0.266 e. The molecule has 0 aliphatic carbocycles. The maximum atomic E-state index is 13.7. The largest absolute Gasteiger partial charge is 0.323 e. The number of nitrogens with zero attached hydrogens (tertiary/aromatic N) is 1. The Bertz CT molecular complexity index is 1250. The molecule has 2 aliphatic rings. The molecular weight excluding hydrogens is 440 g/mol. The number of hydrogen-bond acceptors (Lipinski definition) is 3. The Hall–Kier alpha value is -3.02. The van der Waals surface area contributed by atoms with E-state index in [2.05, 4.69) is 31.3 Å². The van der Waals surface area contributed by atoms with Crippen molar-refractivity contribution in [3.05, 3.63) is 99.4 Å². The summed E-state index contributed by atoms with van der Waals surface area (Å²) >= 11 is 7.37. The zero-order valence-electron chi connectivity index (χ0n) is 17.6. The molecule has 0 radical (unpaired) electrons. The Morgan fingerprint density at radius 3 is 2.34 bits per heavy atom. The summed E-state index contributed by atoms with van der Waals surface area (Å²) in [5.41, 5.74) is 4.28. The van der Waals surface area contributed by atoms with E-state index in [0.717, 1.165) is 16.8 Å². The molecule has 1 atom stereocenters. The van der Waals surface area contributed by atoms with Gasteiger partial charge in [-0.15, -0.1) is 0 Å². The molecule has 2 amide bonds. The Morgan fingerprint density at radius 1 is 0.969 bits per heavy atom. The van der Waals surface area contributed by atoms with E-state index >= 15 is 0 Å². The number of hydrogen-bond donors (Lipinski definition) is 1. The molecular formula is C26H21ClN2O2S. The Morgan fingerprint density at radius 2 is 1.66 bits per heavy atom. The molecule has 6 heteroatoms. The number of para-hydroxylation sites is 1. The molecule has 1 fully saturated rings. The predicted molar refractivity (Wildman–Crippen MR) is 132 cm³/mol. The highest BCUT2D eigenvalue weighted by atomic mass is 35.5. The summed E-state index contributed by atoms with van der Waals surface area (Å²) < 4.78 is 0. The van der Waals surface area contributed by atoms with Gasteiger partial charge in [0.1, 0.15) is 0 Å². The zero-order chi connectivity index (χ0) is 22.5. The Kier molecular flexibility index (Phi) is 5.11. The van der Waals surface area contributed by atoms with Gasteiger partial charge in [0.25, 0.3) is 11.8 Å². The molecule has 3 aromatic carbocycles. The van der Waals surface area contributed by atoms with E-state index in [1.807, 2.05) is 42.5 Å². The van der Waals surface area contributed by atoms with E-state index in [9.17, 15) is 9.59 Å². The van der Waals surface area contributed by atoms with Crippen molar-refractivity contribution in [2.24, 2.45) is 0 Å². The lowest BCUT2D eigenvalue weighted by Crippen LogP contribution is -2.47. The standard InChI is InChI=1S/C26H21ClN2O2S/c1-16(2)18-9-7-17(8-10-18)15-23-24(30)29(20-13-11-19(27)12-14-20)26(32-23)21-5-3-4-6-22(21)28-25(26)31/h3-16H,1-2H3,(H,28,31)/b23-15-/t26-/m1/s1. The van der Waals surface area contributed by atoms with Gasteiger partial charge in [-0.3, -0.25) is 14.5 Å². The van der Waals surface area contributed by atoms with Crippen molar-refractivity contribution in [3.63, 3.8) is 0 Å². The van der Waals surface area contributed by atoms with E-state index in [-0.39, 0.29) is 11.8 Å². The summed E-state index contributed by atoms with van der Waals surface area (Å²) in [7, 11) is 0. The summed E-state index contributed by atoms with van der Waals surface area (Å²) in [5, 5.41) is 3.53. The second kappa shape index (κ2) is 7.84. The molecule has 5 rings (SSSR count). The number of amides is 2. The van der Waals surface area contributed by atoms with Gasteiger partial charge in [0.15, 0.2) is 0 Å². The summed E-state index contributed by atoms with van der Waals surface area (Å²) in [6.07, 6.45) is 1.86. The zero-order valence-corrected chi connectivity index (χ0v) is 19.2. The molecule has 1 N–H and O–H groups in total. The van der Waals surface area contributed by atoms with Crippen LogP contribution >= 0.6 is 23.4 Å². The Balaban J connectivity index is 1.65. The van der Waals surface area contributed by atoms with Crippen LogP contribution in [0.2, 0.25) is 5.02 Å². The van der Waals surface area contributed by atoms with Crippen molar-refractivity contribution >= 4 is 52.6 Å². The minimum atomic E-state index is -1.20. The van der Waals surface area contributed by atoms with Crippen molar-refractivity contribution < 1.29 is 9.59 Å². The van der Waals surface area contributed by atoms with E-state index in [4.69, 9.17) is 11.6 Å². The van der Waals surface area contributed by atoms with Crippen LogP contribution in [0.4, 0.5) is 11.4 Å². The van der Waals surface area contributed by atoms with Gasteiger partial charge in [0, 0.05) is 22.0 Å². The average molecular weight is 461 g/mol. The lowest BCUT2D eigenvalue weighted by atomic mass is 10.0. The highest BCUT2D eigenvalue weighted by Crippen LogP contribution is 2.57. The molecule has 1 spiro atoms. The third-order valence-corrected chi connectivity index (χ3v) is 7.47. The first-order valence-corrected chi connectivity index (χ1v) is 11.6. The minimum Gasteiger partial charge on any atom is -0.323 e. The molecule has 160 valence electrons. The van der Waals surface area contributed by atoms with Crippen LogP contribution in [0.3, 0.4) is 0 Å². The van der Waals surface area contributed by atoms with Crippen LogP contribution in [0.5, 0.6) is 0 Å². The van der Waals surface area contributed by atoms with Gasteiger partial charge in [-0.05, 0) is 53.5 Å². The number of fused-ring (bicyclic) bond motifs is 2. The number of halogens is 1. The third kappa shape index (κ3) is 3.24. The average Bonchev–Trinajstić information content (AvgIpc) is 3.23. The maximum absolute atomic E-state index is 13.7. The highest BCUT2D eigenvalue weighted by molar-refractivity contribution is 8.06. The number of thioether (sulfide) groups is 1. The number of anilines is 2. The highest BCUT2D eigenvalue weighted by Gasteiger charge is 2.60. The van der Waals surface area contributed by atoms with Gasteiger partial charge in [0.05, 0.1) is 4.91 Å². The normalized spacial score (nSPS) is 21.0. The molecule has 0 bridgehead atoms. The molecule has 3 aromatic rings. The van der Waals surface area contributed by atoms with Gasteiger partial charge in [-0.2, -0.15) is 0 Å². The lowest BCUT2D eigenvalue weighted by Gasteiger charge is -2.31.